The molecule has 0 amide bonds. The molecule has 132 valence electrons. The molecule has 3 aromatic rings. The Labute approximate surface area is 141 Å². The Morgan fingerprint density at radius 2 is 2.00 bits per heavy atom. The first-order valence-corrected chi connectivity index (χ1v) is 7.92. The van der Waals surface area contributed by atoms with Crippen LogP contribution in [0.2, 0.25) is 0 Å². The lowest BCUT2D eigenvalue weighted by Gasteiger charge is -2.07. The zero-order valence-corrected chi connectivity index (χ0v) is 13.4. The number of nitrogens with zero attached hydrogens (tertiary/aromatic N) is 3. The summed E-state index contributed by atoms with van der Waals surface area (Å²) in [5.74, 6) is -1.09. The summed E-state index contributed by atoms with van der Waals surface area (Å²) in [6, 6.07) is 3.58. The number of aromatic amines is 1. The van der Waals surface area contributed by atoms with Crippen LogP contribution in [0.4, 0.5) is 14.7 Å². The average Bonchev–Trinajstić information content (AvgIpc) is 2.90. The quantitative estimate of drug-likeness (QED) is 0.563. The van der Waals surface area contributed by atoms with Gasteiger partial charge in [0.25, 0.3) is 0 Å². The second-order valence-electron chi connectivity index (χ2n) is 5.57. The third kappa shape index (κ3) is 3.66. The Morgan fingerprint density at radius 3 is 2.72 bits per heavy atom. The molecule has 0 aliphatic rings. The lowest BCUT2D eigenvalue weighted by atomic mass is 10.2. The van der Waals surface area contributed by atoms with Crippen molar-refractivity contribution in [3.05, 3.63) is 52.1 Å². The van der Waals surface area contributed by atoms with Crippen LogP contribution >= 0.6 is 0 Å². The maximum atomic E-state index is 13.9. The van der Waals surface area contributed by atoms with Gasteiger partial charge in [-0.3, -0.25) is 4.57 Å². The highest BCUT2D eigenvalue weighted by atomic mass is 19.1. The molecular formula is C16H18F2N6O. The van der Waals surface area contributed by atoms with Crippen molar-refractivity contribution in [1.82, 2.24) is 19.5 Å². The van der Waals surface area contributed by atoms with Crippen molar-refractivity contribution in [3.63, 3.8) is 0 Å². The summed E-state index contributed by atoms with van der Waals surface area (Å²) < 4.78 is 28.9. The Kier molecular flexibility index (Phi) is 5.03. The number of benzene rings is 1. The van der Waals surface area contributed by atoms with Crippen LogP contribution < -0.4 is 16.7 Å². The van der Waals surface area contributed by atoms with E-state index < -0.39 is 17.3 Å². The van der Waals surface area contributed by atoms with Gasteiger partial charge in [0.15, 0.2) is 5.65 Å². The fourth-order valence-electron chi connectivity index (χ4n) is 2.49. The molecule has 0 radical (unpaired) electrons. The van der Waals surface area contributed by atoms with Crippen molar-refractivity contribution < 1.29 is 8.78 Å². The largest absolute Gasteiger partial charge is 0.354 e. The molecule has 7 nitrogen and oxygen atoms in total. The number of unbranched alkanes of at least 4 members (excludes halogenated alkanes) is 1. The molecule has 2 heterocycles. The number of halogens is 2. The van der Waals surface area contributed by atoms with E-state index in [1.807, 2.05) is 0 Å². The first kappa shape index (κ1) is 17.0. The van der Waals surface area contributed by atoms with Gasteiger partial charge in [-0.05, 0) is 31.5 Å². The number of rotatable bonds is 7. The minimum Gasteiger partial charge on any atom is -0.354 e. The Hall–Kier alpha value is -2.81. The van der Waals surface area contributed by atoms with Gasteiger partial charge in [-0.2, -0.15) is 4.98 Å². The van der Waals surface area contributed by atoms with Crippen LogP contribution in [-0.4, -0.2) is 32.6 Å². The van der Waals surface area contributed by atoms with Gasteiger partial charge in [-0.25, -0.2) is 18.6 Å². The second kappa shape index (κ2) is 7.39. The molecule has 0 spiro atoms. The highest BCUT2D eigenvalue weighted by Crippen LogP contribution is 2.16. The van der Waals surface area contributed by atoms with Crippen LogP contribution in [-0.2, 0) is 6.54 Å². The molecule has 2 aromatic heterocycles. The molecule has 4 N–H and O–H groups in total. The summed E-state index contributed by atoms with van der Waals surface area (Å²) in [7, 11) is 0. The number of nitrogens with two attached hydrogens (primary N) is 1. The summed E-state index contributed by atoms with van der Waals surface area (Å²) in [6.07, 6.45) is 3.19. The highest BCUT2D eigenvalue weighted by Gasteiger charge is 2.15. The van der Waals surface area contributed by atoms with Crippen molar-refractivity contribution in [2.75, 3.05) is 18.4 Å². The normalized spacial score (nSPS) is 11.2. The first-order valence-electron chi connectivity index (χ1n) is 7.92. The molecule has 0 unspecified atom stereocenters. The minimum absolute atomic E-state index is 0.193. The van der Waals surface area contributed by atoms with Gasteiger partial charge in [-0.1, -0.05) is 6.07 Å². The van der Waals surface area contributed by atoms with Crippen molar-refractivity contribution >= 4 is 17.1 Å². The fourth-order valence-corrected chi connectivity index (χ4v) is 2.49. The molecule has 0 aliphatic carbocycles. The molecule has 0 saturated heterocycles. The van der Waals surface area contributed by atoms with Crippen LogP contribution in [0, 0.1) is 11.6 Å². The second-order valence-corrected chi connectivity index (χ2v) is 5.57. The Bertz CT molecular complexity index is 916. The average molecular weight is 348 g/mol. The number of H-pyrrole nitrogens is 1. The van der Waals surface area contributed by atoms with E-state index >= 15 is 0 Å². The zero-order valence-electron chi connectivity index (χ0n) is 13.4. The molecule has 0 bridgehead atoms. The van der Waals surface area contributed by atoms with E-state index in [9.17, 15) is 13.6 Å². The van der Waals surface area contributed by atoms with Gasteiger partial charge in [-0.15, -0.1) is 0 Å². The van der Waals surface area contributed by atoms with Crippen LogP contribution in [0.25, 0.3) is 11.2 Å². The lowest BCUT2D eigenvalue weighted by molar-refractivity contribution is 0.544. The van der Waals surface area contributed by atoms with E-state index in [4.69, 9.17) is 5.73 Å². The van der Waals surface area contributed by atoms with E-state index in [-0.39, 0.29) is 17.8 Å². The predicted octanol–water partition coefficient (Wildman–Crippen LogP) is 1.60. The maximum absolute atomic E-state index is 13.9. The first-order chi connectivity index (χ1) is 12.1. The molecule has 1 aromatic carbocycles. The molecule has 25 heavy (non-hydrogen) atoms. The van der Waals surface area contributed by atoms with Crippen LogP contribution in [0.3, 0.4) is 0 Å². The number of fused-ring (bicyclic) bond motifs is 1. The maximum Gasteiger partial charge on any atom is 0.328 e. The Morgan fingerprint density at radius 1 is 1.24 bits per heavy atom. The van der Waals surface area contributed by atoms with Crippen LogP contribution in [0.15, 0.2) is 29.2 Å². The molecule has 9 heteroatoms. The molecule has 0 fully saturated rings. The van der Waals surface area contributed by atoms with Gasteiger partial charge < -0.3 is 16.0 Å². The smallest absolute Gasteiger partial charge is 0.328 e. The topological polar surface area (TPSA) is 102 Å². The van der Waals surface area contributed by atoms with E-state index in [2.05, 4.69) is 20.3 Å². The zero-order chi connectivity index (χ0) is 17.8. The molecular weight excluding hydrogens is 330 g/mol. The third-order valence-electron chi connectivity index (χ3n) is 3.80. The highest BCUT2D eigenvalue weighted by molar-refractivity contribution is 5.71. The van der Waals surface area contributed by atoms with E-state index in [1.165, 1.54) is 16.8 Å². The van der Waals surface area contributed by atoms with E-state index in [0.717, 1.165) is 25.0 Å². The lowest BCUT2D eigenvalue weighted by Crippen LogP contribution is -2.19. The number of aromatic nitrogens is 4. The molecule has 0 aliphatic heterocycles. The molecule has 0 atom stereocenters. The van der Waals surface area contributed by atoms with Gasteiger partial charge in [0.2, 0.25) is 5.95 Å². The predicted molar refractivity (Wildman–Crippen MR) is 90.4 cm³/mol. The van der Waals surface area contributed by atoms with Gasteiger partial charge in [0, 0.05) is 12.1 Å². The SMILES string of the molecule is NCCCCNc1ncc2[nH]c(=O)n(Cc3c(F)cccc3F)c2n1. The number of nitrogens with one attached hydrogen (secondary N) is 2. The van der Waals surface area contributed by atoms with Gasteiger partial charge in [0.1, 0.15) is 17.2 Å². The van der Waals surface area contributed by atoms with Crippen molar-refractivity contribution in [2.24, 2.45) is 5.73 Å². The summed E-state index contributed by atoms with van der Waals surface area (Å²) >= 11 is 0. The van der Waals surface area contributed by atoms with Crippen LogP contribution in [0.1, 0.15) is 18.4 Å². The number of hydrogen-bond acceptors (Lipinski definition) is 5. The van der Waals surface area contributed by atoms with Gasteiger partial charge in [0.05, 0.1) is 12.7 Å². The van der Waals surface area contributed by atoms with Crippen molar-refractivity contribution in [1.29, 1.82) is 0 Å². The van der Waals surface area contributed by atoms with E-state index in [0.29, 0.717) is 24.6 Å². The Balaban J connectivity index is 1.92. The monoisotopic (exact) mass is 348 g/mol. The summed E-state index contributed by atoms with van der Waals surface area (Å²) in [5.41, 5.74) is 5.42. The summed E-state index contributed by atoms with van der Waals surface area (Å²) in [4.78, 5) is 23.1. The molecule has 0 saturated carbocycles. The number of hydrogen-bond donors (Lipinski definition) is 3. The van der Waals surface area contributed by atoms with Gasteiger partial charge >= 0.3 is 5.69 Å². The standard InChI is InChI=1S/C16H18F2N6O/c17-11-4-3-5-12(18)10(11)9-24-14-13(22-16(24)25)8-21-15(23-14)20-7-2-1-6-19/h3-5,8H,1-2,6-7,9,19H2,(H,22,25)(H,20,21,23). The third-order valence-corrected chi connectivity index (χ3v) is 3.80. The van der Waals surface area contributed by atoms with Crippen LogP contribution in [0.5, 0.6) is 0 Å². The minimum atomic E-state index is -0.713. The summed E-state index contributed by atoms with van der Waals surface area (Å²) in [6.45, 7) is 0.980. The fraction of sp³-hybridized carbons (Fsp3) is 0.312. The number of imidazole rings is 1. The van der Waals surface area contributed by atoms with Crippen molar-refractivity contribution in [2.45, 2.75) is 19.4 Å². The van der Waals surface area contributed by atoms with E-state index in [1.54, 1.807) is 0 Å². The molecule has 3 rings (SSSR count). The van der Waals surface area contributed by atoms with Crippen molar-refractivity contribution in [3.8, 4) is 0 Å². The summed E-state index contributed by atoms with van der Waals surface area (Å²) in [5, 5.41) is 3.04. The number of anilines is 1.